The summed E-state index contributed by atoms with van der Waals surface area (Å²) in [4.78, 5) is 31.1. The first-order valence-corrected chi connectivity index (χ1v) is 2.79. The summed E-state index contributed by atoms with van der Waals surface area (Å²) in [5.41, 5.74) is -0.482. The first-order valence-electron chi connectivity index (χ1n) is 2.79. The van der Waals surface area contributed by atoms with E-state index in [2.05, 4.69) is 4.74 Å². The van der Waals surface area contributed by atoms with Gasteiger partial charge >= 0.3 is 17.9 Å². The van der Waals surface area contributed by atoms with Gasteiger partial charge in [-0.15, -0.1) is 0 Å². The lowest BCUT2D eigenvalue weighted by Crippen LogP contribution is -2.23. The molecule has 11 heavy (non-hydrogen) atoms. The van der Waals surface area contributed by atoms with Gasteiger partial charge in [-0.2, -0.15) is 0 Å². The number of cyclic esters (lactones) is 2. The van der Waals surface area contributed by atoms with Gasteiger partial charge in [-0.3, -0.25) is 4.79 Å². The monoisotopic (exact) mass is 156 g/mol. The molecule has 58 valence electrons. The highest BCUT2D eigenvalue weighted by Crippen LogP contribution is 2.08. The minimum absolute atomic E-state index is 0.159. The normalized spacial score (nSPS) is 17.3. The van der Waals surface area contributed by atoms with Gasteiger partial charge in [0.15, 0.2) is 0 Å². The molecule has 0 saturated heterocycles. The van der Waals surface area contributed by atoms with Crippen LogP contribution in [0.25, 0.3) is 0 Å². The van der Waals surface area contributed by atoms with E-state index in [4.69, 9.17) is 5.11 Å². The van der Waals surface area contributed by atoms with Crippen LogP contribution >= 0.6 is 0 Å². The van der Waals surface area contributed by atoms with Crippen LogP contribution in [0.2, 0.25) is 0 Å². The maximum absolute atomic E-state index is 10.6. The Kier molecular flexibility index (Phi) is 1.72. The lowest BCUT2D eigenvalue weighted by Gasteiger charge is -2.06. The molecule has 5 heteroatoms. The Morgan fingerprint density at radius 3 is 2.64 bits per heavy atom. The largest absolute Gasteiger partial charge is 0.477 e. The van der Waals surface area contributed by atoms with Crippen molar-refractivity contribution in [3.8, 4) is 0 Å². The molecule has 0 spiro atoms. The van der Waals surface area contributed by atoms with Crippen LogP contribution in [-0.2, 0) is 19.1 Å². The SMILES string of the molecule is O=C1CC=C(C(=O)O)C(=O)O1. The smallest absolute Gasteiger partial charge is 0.352 e. The van der Waals surface area contributed by atoms with Crippen molar-refractivity contribution in [1.29, 1.82) is 0 Å². The van der Waals surface area contributed by atoms with Crippen LogP contribution < -0.4 is 0 Å². The summed E-state index contributed by atoms with van der Waals surface area (Å²) in [6.45, 7) is 0. The van der Waals surface area contributed by atoms with Gasteiger partial charge in [0.25, 0.3) is 0 Å². The fraction of sp³-hybridized carbons (Fsp3) is 0.167. The number of hydrogen-bond donors (Lipinski definition) is 1. The minimum Gasteiger partial charge on any atom is -0.477 e. The summed E-state index contributed by atoms with van der Waals surface area (Å²) in [6, 6.07) is 0. The molecule has 0 aromatic carbocycles. The number of ether oxygens (including phenoxy) is 1. The highest BCUT2D eigenvalue weighted by atomic mass is 16.6. The van der Waals surface area contributed by atoms with Crippen LogP contribution in [0.5, 0.6) is 0 Å². The molecule has 1 aliphatic rings. The maximum Gasteiger partial charge on any atom is 0.352 e. The van der Waals surface area contributed by atoms with Gasteiger partial charge in [0.2, 0.25) is 0 Å². The van der Waals surface area contributed by atoms with Crippen molar-refractivity contribution in [2.75, 3.05) is 0 Å². The zero-order valence-corrected chi connectivity index (χ0v) is 5.36. The van der Waals surface area contributed by atoms with Crippen LogP contribution in [0, 0.1) is 0 Å². The van der Waals surface area contributed by atoms with E-state index in [9.17, 15) is 14.4 Å². The lowest BCUT2D eigenvalue weighted by atomic mass is 10.2. The third kappa shape index (κ3) is 1.43. The summed E-state index contributed by atoms with van der Waals surface area (Å²) in [5, 5.41) is 8.31. The fourth-order valence-corrected chi connectivity index (χ4v) is 0.643. The topological polar surface area (TPSA) is 80.7 Å². The van der Waals surface area contributed by atoms with Crippen LogP contribution in [-0.4, -0.2) is 23.0 Å². The van der Waals surface area contributed by atoms with Crippen molar-refractivity contribution >= 4 is 17.9 Å². The van der Waals surface area contributed by atoms with Crippen molar-refractivity contribution in [3.63, 3.8) is 0 Å². The Balaban J connectivity index is 2.89. The number of rotatable bonds is 1. The Morgan fingerprint density at radius 1 is 1.55 bits per heavy atom. The van der Waals surface area contributed by atoms with Gasteiger partial charge in [0.05, 0.1) is 6.42 Å². The molecule has 0 fully saturated rings. The number of hydrogen-bond acceptors (Lipinski definition) is 4. The van der Waals surface area contributed by atoms with Gasteiger partial charge in [-0.1, -0.05) is 6.08 Å². The molecule has 1 rings (SSSR count). The zero-order chi connectivity index (χ0) is 8.43. The van der Waals surface area contributed by atoms with E-state index in [-0.39, 0.29) is 6.42 Å². The molecule has 0 amide bonds. The molecule has 1 aliphatic heterocycles. The second-order valence-electron chi connectivity index (χ2n) is 1.89. The second kappa shape index (κ2) is 2.53. The highest BCUT2D eigenvalue weighted by Gasteiger charge is 2.25. The molecule has 0 bridgehead atoms. The predicted octanol–water partition coefficient (Wildman–Crippen LogP) is -0.529. The minimum atomic E-state index is -1.37. The van der Waals surface area contributed by atoms with Crippen molar-refractivity contribution in [1.82, 2.24) is 0 Å². The number of carbonyl (C=O) groups excluding carboxylic acids is 2. The Bertz CT molecular complexity index is 262. The molecule has 0 saturated carbocycles. The van der Waals surface area contributed by atoms with Crippen LogP contribution in [0.4, 0.5) is 0 Å². The average molecular weight is 156 g/mol. The number of aliphatic carboxylic acids is 1. The Labute approximate surface area is 61.3 Å². The standard InChI is InChI=1S/C6H4O5/c7-4-2-1-3(5(8)9)6(10)11-4/h1H,2H2,(H,8,9). The zero-order valence-electron chi connectivity index (χ0n) is 5.36. The third-order valence-electron chi connectivity index (χ3n) is 1.13. The fourth-order valence-electron chi connectivity index (χ4n) is 0.643. The van der Waals surface area contributed by atoms with E-state index >= 15 is 0 Å². The summed E-state index contributed by atoms with van der Waals surface area (Å²) in [7, 11) is 0. The van der Waals surface area contributed by atoms with E-state index in [1.54, 1.807) is 0 Å². The number of carboxylic acids is 1. The van der Waals surface area contributed by atoms with Crippen molar-refractivity contribution < 1.29 is 24.2 Å². The quantitative estimate of drug-likeness (QED) is 0.313. The highest BCUT2D eigenvalue weighted by molar-refractivity contribution is 6.17. The maximum atomic E-state index is 10.6. The van der Waals surface area contributed by atoms with E-state index in [1.807, 2.05) is 0 Å². The first-order chi connectivity index (χ1) is 5.11. The third-order valence-corrected chi connectivity index (χ3v) is 1.13. The summed E-state index contributed by atoms with van der Waals surface area (Å²) in [5.74, 6) is -3.18. The molecule has 0 aromatic rings. The first kappa shape index (κ1) is 7.46. The van der Waals surface area contributed by atoms with Crippen molar-refractivity contribution in [2.45, 2.75) is 6.42 Å². The molecule has 1 N–H and O–H groups in total. The molecule has 0 unspecified atom stereocenters. The lowest BCUT2D eigenvalue weighted by molar-refractivity contribution is -0.158. The number of carbonyl (C=O) groups is 3. The Hall–Kier alpha value is -1.65. The summed E-state index contributed by atoms with van der Waals surface area (Å²) >= 11 is 0. The van der Waals surface area contributed by atoms with Gasteiger partial charge in [-0.05, 0) is 0 Å². The second-order valence-corrected chi connectivity index (χ2v) is 1.89. The molecule has 5 nitrogen and oxygen atoms in total. The van der Waals surface area contributed by atoms with Crippen LogP contribution in [0.3, 0.4) is 0 Å². The number of carboxylic acid groups (broad SMARTS) is 1. The molecule has 0 radical (unpaired) electrons. The van der Waals surface area contributed by atoms with Gasteiger partial charge in [0, 0.05) is 0 Å². The molecule has 1 heterocycles. The molecule has 0 aliphatic carbocycles. The molecular weight excluding hydrogens is 152 g/mol. The molecular formula is C6H4O5. The predicted molar refractivity (Wildman–Crippen MR) is 31.4 cm³/mol. The van der Waals surface area contributed by atoms with E-state index < -0.39 is 23.5 Å². The number of esters is 2. The van der Waals surface area contributed by atoms with E-state index in [0.717, 1.165) is 6.08 Å². The summed E-state index contributed by atoms with van der Waals surface area (Å²) in [6.07, 6.45) is 0.879. The van der Waals surface area contributed by atoms with Crippen LogP contribution in [0.15, 0.2) is 11.6 Å². The van der Waals surface area contributed by atoms with E-state index in [1.165, 1.54) is 0 Å². The Morgan fingerprint density at radius 2 is 2.18 bits per heavy atom. The van der Waals surface area contributed by atoms with Crippen molar-refractivity contribution in [3.05, 3.63) is 11.6 Å². The van der Waals surface area contributed by atoms with Gasteiger partial charge in [-0.25, -0.2) is 9.59 Å². The van der Waals surface area contributed by atoms with Crippen LogP contribution in [0.1, 0.15) is 6.42 Å². The van der Waals surface area contributed by atoms with E-state index in [0.29, 0.717) is 0 Å². The summed E-state index contributed by atoms with van der Waals surface area (Å²) < 4.78 is 4.03. The van der Waals surface area contributed by atoms with Crippen molar-refractivity contribution in [2.24, 2.45) is 0 Å². The molecule has 0 atom stereocenters. The van der Waals surface area contributed by atoms with Gasteiger partial charge in [0.1, 0.15) is 5.57 Å². The molecule has 0 aromatic heterocycles. The average Bonchev–Trinajstić information content (AvgIpc) is 1.85. The van der Waals surface area contributed by atoms with Gasteiger partial charge < -0.3 is 9.84 Å².